The molecule has 1 N–H and O–H groups in total. The SMILES string of the molecule is O=C(CSc1ccc(-c2ccccn2)nn1)NCc1ccc2c(c1)OCO2. The van der Waals surface area contributed by atoms with Gasteiger partial charge in [0, 0.05) is 12.7 Å². The summed E-state index contributed by atoms with van der Waals surface area (Å²) in [5.41, 5.74) is 2.42. The molecule has 0 spiro atoms. The van der Waals surface area contributed by atoms with Crippen LogP contribution in [0.5, 0.6) is 11.5 Å². The Hall–Kier alpha value is -3.13. The molecule has 1 amide bonds. The number of carbonyl (C=O) groups excluding carboxylic acids is 1. The van der Waals surface area contributed by atoms with Crippen LogP contribution in [0.1, 0.15) is 5.56 Å². The number of nitrogens with zero attached hydrogens (tertiary/aromatic N) is 3. The third kappa shape index (κ3) is 4.35. The summed E-state index contributed by atoms with van der Waals surface area (Å²) in [6.45, 7) is 0.669. The highest BCUT2D eigenvalue weighted by atomic mass is 32.2. The van der Waals surface area contributed by atoms with Crippen LogP contribution in [0.15, 0.2) is 59.8 Å². The van der Waals surface area contributed by atoms with Crippen LogP contribution in [0.2, 0.25) is 0 Å². The predicted molar refractivity (Wildman–Crippen MR) is 100 cm³/mol. The monoisotopic (exact) mass is 380 g/mol. The van der Waals surface area contributed by atoms with Crippen LogP contribution in [-0.4, -0.2) is 33.6 Å². The van der Waals surface area contributed by atoms with E-state index in [0.29, 0.717) is 23.0 Å². The quantitative estimate of drug-likeness (QED) is 0.658. The van der Waals surface area contributed by atoms with Gasteiger partial charge in [0.25, 0.3) is 0 Å². The van der Waals surface area contributed by atoms with Crippen LogP contribution in [-0.2, 0) is 11.3 Å². The van der Waals surface area contributed by atoms with Crippen LogP contribution in [0, 0.1) is 0 Å². The molecule has 3 aromatic rings. The lowest BCUT2D eigenvalue weighted by Gasteiger charge is -2.06. The van der Waals surface area contributed by atoms with E-state index in [0.717, 1.165) is 17.0 Å². The molecular formula is C19H16N4O3S. The van der Waals surface area contributed by atoms with Crippen LogP contribution in [0.4, 0.5) is 0 Å². The minimum Gasteiger partial charge on any atom is -0.454 e. The van der Waals surface area contributed by atoms with Gasteiger partial charge in [0.15, 0.2) is 11.5 Å². The minimum atomic E-state index is -0.0757. The number of amides is 1. The molecule has 2 aromatic heterocycles. The molecule has 3 heterocycles. The van der Waals surface area contributed by atoms with Gasteiger partial charge in [-0.3, -0.25) is 9.78 Å². The lowest BCUT2D eigenvalue weighted by molar-refractivity contribution is -0.118. The highest BCUT2D eigenvalue weighted by Crippen LogP contribution is 2.32. The van der Waals surface area contributed by atoms with Crippen molar-refractivity contribution in [2.24, 2.45) is 0 Å². The van der Waals surface area contributed by atoms with Crippen molar-refractivity contribution in [3.8, 4) is 22.9 Å². The molecule has 0 saturated heterocycles. The van der Waals surface area contributed by atoms with Crippen molar-refractivity contribution < 1.29 is 14.3 Å². The normalized spacial score (nSPS) is 12.0. The Bertz CT molecular complexity index is 935. The number of hydrogen-bond donors (Lipinski definition) is 1. The largest absolute Gasteiger partial charge is 0.454 e. The maximum Gasteiger partial charge on any atom is 0.231 e. The molecule has 0 bridgehead atoms. The van der Waals surface area contributed by atoms with Crippen molar-refractivity contribution in [2.75, 3.05) is 12.5 Å². The van der Waals surface area contributed by atoms with Gasteiger partial charge in [-0.1, -0.05) is 23.9 Å². The second kappa shape index (κ2) is 8.05. The summed E-state index contributed by atoms with van der Waals surface area (Å²) in [7, 11) is 0. The van der Waals surface area contributed by atoms with E-state index in [9.17, 15) is 4.79 Å². The van der Waals surface area contributed by atoms with Crippen LogP contribution < -0.4 is 14.8 Å². The zero-order chi connectivity index (χ0) is 18.5. The number of nitrogens with one attached hydrogen (secondary N) is 1. The highest BCUT2D eigenvalue weighted by Gasteiger charge is 2.13. The van der Waals surface area contributed by atoms with E-state index in [-0.39, 0.29) is 18.5 Å². The molecule has 4 rings (SSSR count). The van der Waals surface area contributed by atoms with E-state index in [2.05, 4.69) is 20.5 Å². The third-order valence-electron chi connectivity index (χ3n) is 3.85. The molecule has 0 atom stereocenters. The van der Waals surface area contributed by atoms with Gasteiger partial charge in [0.2, 0.25) is 12.7 Å². The molecule has 0 unspecified atom stereocenters. The second-order valence-electron chi connectivity index (χ2n) is 5.72. The zero-order valence-corrected chi connectivity index (χ0v) is 15.1. The van der Waals surface area contributed by atoms with Crippen LogP contribution >= 0.6 is 11.8 Å². The molecule has 0 radical (unpaired) electrons. The summed E-state index contributed by atoms with van der Waals surface area (Å²) in [5, 5.41) is 11.9. The number of thioether (sulfide) groups is 1. The summed E-state index contributed by atoms with van der Waals surface area (Å²) < 4.78 is 10.6. The van der Waals surface area contributed by atoms with Gasteiger partial charge in [-0.05, 0) is 42.0 Å². The maximum absolute atomic E-state index is 12.1. The van der Waals surface area contributed by atoms with Gasteiger partial charge < -0.3 is 14.8 Å². The molecule has 1 aromatic carbocycles. The number of ether oxygens (including phenoxy) is 2. The predicted octanol–water partition coefficient (Wildman–Crippen LogP) is 2.68. The molecular weight excluding hydrogens is 364 g/mol. The lowest BCUT2D eigenvalue weighted by Crippen LogP contribution is -2.24. The zero-order valence-electron chi connectivity index (χ0n) is 14.3. The second-order valence-corrected chi connectivity index (χ2v) is 6.72. The number of carbonyl (C=O) groups is 1. The maximum atomic E-state index is 12.1. The van der Waals surface area contributed by atoms with Crippen molar-refractivity contribution in [1.29, 1.82) is 0 Å². The van der Waals surface area contributed by atoms with E-state index in [4.69, 9.17) is 9.47 Å². The Labute approximate surface area is 160 Å². The summed E-state index contributed by atoms with van der Waals surface area (Å²) in [5.74, 6) is 1.63. The summed E-state index contributed by atoms with van der Waals surface area (Å²) >= 11 is 1.34. The first-order valence-corrected chi connectivity index (χ1v) is 9.30. The van der Waals surface area contributed by atoms with Gasteiger partial charge in [-0.25, -0.2) is 0 Å². The molecule has 27 heavy (non-hydrogen) atoms. The average Bonchev–Trinajstić information content (AvgIpc) is 3.19. The molecule has 1 aliphatic heterocycles. The minimum absolute atomic E-state index is 0.0757. The number of pyridine rings is 1. The number of aromatic nitrogens is 3. The third-order valence-corrected chi connectivity index (χ3v) is 4.77. The Morgan fingerprint density at radius 1 is 1.04 bits per heavy atom. The van der Waals surface area contributed by atoms with Gasteiger partial charge in [-0.2, -0.15) is 0 Å². The average molecular weight is 380 g/mol. The van der Waals surface area contributed by atoms with E-state index >= 15 is 0 Å². The van der Waals surface area contributed by atoms with Gasteiger partial charge in [0.1, 0.15) is 10.7 Å². The van der Waals surface area contributed by atoms with Gasteiger partial charge in [-0.15, -0.1) is 10.2 Å². The first-order chi connectivity index (χ1) is 13.3. The smallest absolute Gasteiger partial charge is 0.231 e. The van der Waals surface area contributed by atoms with Crippen molar-refractivity contribution in [1.82, 2.24) is 20.5 Å². The summed E-state index contributed by atoms with van der Waals surface area (Å²) in [6, 6.07) is 14.9. The number of hydrogen-bond acceptors (Lipinski definition) is 7. The molecule has 0 saturated carbocycles. The van der Waals surface area contributed by atoms with Crippen LogP contribution in [0.3, 0.4) is 0 Å². The summed E-state index contributed by atoms with van der Waals surface area (Å²) in [6.07, 6.45) is 1.71. The lowest BCUT2D eigenvalue weighted by atomic mass is 10.2. The van der Waals surface area contributed by atoms with Gasteiger partial charge >= 0.3 is 0 Å². The standard InChI is InChI=1S/C19H16N4O3S/c24-18(21-10-13-4-6-16-17(9-13)26-12-25-16)11-27-19-7-5-15(22-23-19)14-3-1-2-8-20-14/h1-9H,10-12H2,(H,21,24). The first kappa shape index (κ1) is 17.3. The number of fused-ring (bicyclic) bond motifs is 1. The van der Waals surface area contributed by atoms with E-state index in [1.54, 1.807) is 6.20 Å². The van der Waals surface area contributed by atoms with E-state index in [1.165, 1.54) is 11.8 Å². The Balaban J connectivity index is 1.26. The molecule has 8 heteroatoms. The molecule has 7 nitrogen and oxygen atoms in total. The Kier molecular flexibility index (Phi) is 5.15. The van der Waals surface area contributed by atoms with E-state index < -0.39 is 0 Å². The molecule has 0 aliphatic carbocycles. The van der Waals surface area contributed by atoms with Crippen molar-refractivity contribution >= 4 is 17.7 Å². The van der Waals surface area contributed by atoms with Crippen molar-refractivity contribution in [3.63, 3.8) is 0 Å². The van der Waals surface area contributed by atoms with Gasteiger partial charge in [0.05, 0.1) is 11.4 Å². The number of benzene rings is 1. The fraction of sp³-hybridized carbons (Fsp3) is 0.158. The molecule has 0 fully saturated rings. The topological polar surface area (TPSA) is 86.2 Å². The molecule has 136 valence electrons. The van der Waals surface area contributed by atoms with E-state index in [1.807, 2.05) is 48.5 Å². The van der Waals surface area contributed by atoms with Crippen LogP contribution in [0.25, 0.3) is 11.4 Å². The number of rotatable bonds is 6. The fourth-order valence-electron chi connectivity index (χ4n) is 2.49. The molecule has 1 aliphatic rings. The Morgan fingerprint density at radius 2 is 1.96 bits per heavy atom. The Morgan fingerprint density at radius 3 is 2.78 bits per heavy atom. The first-order valence-electron chi connectivity index (χ1n) is 8.31. The highest BCUT2D eigenvalue weighted by molar-refractivity contribution is 7.99. The summed E-state index contributed by atoms with van der Waals surface area (Å²) in [4.78, 5) is 16.3. The fourth-order valence-corrected chi connectivity index (χ4v) is 3.13. The van der Waals surface area contributed by atoms with Crippen molar-refractivity contribution in [2.45, 2.75) is 11.6 Å². The van der Waals surface area contributed by atoms with Crippen molar-refractivity contribution in [3.05, 3.63) is 60.3 Å².